The number of carbonyl (C=O) groups excluding carboxylic acids is 2. The average molecular weight is 502 g/mol. The minimum atomic E-state index is -4.22. The third kappa shape index (κ3) is 19.1. The van der Waals surface area contributed by atoms with Gasteiger partial charge in [-0.15, -0.1) is 0 Å². The number of alkyl halides is 4. The second kappa shape index (κ2) is 19.4. The maximum Gasteiger partial charge on any atom is 0.412 e. The number of rotatable bonds is 10. The zero-order valence-electron chi connectivity index (χ0n) is 21.6. The number of ketones is 1. The highest BCUT2D eigenvalue weighted by atomic mass is 19.4. The molecule has 0 fully saturated rings. The van der Waals surface area contributed by atoms with Gasteiger partial charge in [0, 0.05) is 18.1 Å². The van der Waals surface area contributed by atoms with Crippen LogP contribution in [0.25, 0.3) is 0 Å². The Kier molecular flexibility index (Phi) is 19.0. The summed E-state index contributed by atoms with van der Waals surface area (Å²) in [6.45, 7) is 11.5. The topological polar surface area (TPSA) is 55.4 Å². The van der Waals surface area contributed by atoms with Crippen LogP contribution in [0.5, 0.6) is 5.75 Å². The van der Waals surface area contributed by atoms with Gasteiger partial charge in [-0.05, 0) is 38.8 Å². The molecule has 0 aliphatic heterocycles. The summed E-state index contributed by atoms with van der Waals surface area (Å²) >= 11 is 0. The number of unbranched alkanes of at least 4 members (excludes halogenated alkanes) is 1. The molecule has 0 spiro atoms. The quantitative estimate of drug-likeness (QED) is 0.204. The zero-order chi connectivity index (χ0) is 27.4. The molecule has 1 unspecified atom stereocenters. The largest absolute Gasteiger partial charge is 0.497 e. The molecule has 4 nitrogen and oxygen atoms in total. The van der Waals surface area contributed by atoms with Gasteiger partial charge < -0.3 is 10.1 Å². The van der Waals surface area contributed by atoms with Crippen LogP contribution in [0.1, 0.15) is 70.7 Å². The van der Waals surface area contributed by atoms with Crippen molar-refractivity contribution < 1.29 is 31.9 Å². The van der Waals surface area contributed by atoms with E-state index in [2.05, 4.69) is 18.8 Å². The molecule has 1 aromatic rings. The first-order valence-electron chi connectivity index (χ1n) is 11.4. The van der Waals surface area contributed by atoms with Crippen LogP contribution >= 0.6 is 0 Å². The molecule has 0 saturated carbocycles. The molecule has 35 heavy (non-hydrogen) atoms. The lowest BCUT2D eigenvalue weighted by molar-refractivity contribution is -0.118. The SMILES string of the molecule is C=C/C(C)=C\C=C(/C)C(F)(F)F.CCCCC(F)CC.COc1cccc(C(=O)CNC(C)=O)c1. The van der Waals surface area contributed by atoms with Crippen LogP contribution in [0.15, 0.2) is 60.2 Å². The number of allylic oxidation sites excluding steroid dienone is 5. The lowest BCUT2D eigenvalue weighted by Gasteiger charge is -2.04. The summed E-state index contributed by atoms with van der Waals surface area (Å²) in [6, 6.07) is 6.83. The van der Waals surface area contributed by atoms with E-state index in [0.717, 1.165) is 32.3 Å². The van der Waals surface area contributed by atoms with E-state index in [0.29, 0.717) is 23.3 Å². The molecule has 1 N–H and O–H groups in total. The number of hydrogen-bond donors (Lipinski definition) is 1. The fraction of sp³-hybridized carbons (Fsp3) is 0.481. The van der Waals surface area contributed by atoms with E-state index < -0.39 is 17.9 Å². The molecular formula is C27H39F4NO3. The van der Waals surface area contributed by atoms with Crippen molar-refractivity contribution >= 4 is 11.7 Å². The predicted octanol–water partition coefficient (Wildman–Crippen LogP) is 7.57. The van der Waals surface area contributed by atoms with Gasteiger partial charge >= 0.3 is 6.18 Å². The van der Waals surface area contributed by atoms with E-state index >= 15 is 0 Å². The summed E-state index contributed by atoms with van der Waals surface area (Å²) in [7, 11) is 1.54. The van der Waals surface area contributed by atoms with Crippen LogP contribution in [-0.2, 0) is 4.79 Å². The molecule has 1 atom stereocenters. The average Bonchev–Trinajstić information content (AvgIpc) is 2.84. The van der Waals surface area contributed by atoms with E-state index in [4.69, 9.17) is 4.74 Å². The number of Topliss-reactive ketones (excluding diaryl/α,β-unsaturated/α-hetero) is 1. The van der Waals surface area contributed by atoms with Crippen LogP contribution in [0.2, 0.25) is 0 Å². The minimum absolute atomic E-state index is 0.0164. The molecule has 8 heteroatoms. The summed E-state index contributed by atoms with van der Waals surface area (Å²) in [6.07, 6.45) is 2.74. The van der Waals surface area contributed by atoms with Gasteiger partial charge in [-0.2, -0.15) is 13.2 Å². The normalized spacial score (nSPS) is 12.3. The number of methoxy groups -OCH3 is 1. The highest BCUT2D eigenvalue weighted by Crippen LogP contribution is 2.24. The number of carbonyl (C=O) groups is 2. The second-order valence-corrected chi connectivity index (χ2v) is 7.67. The number of ether oxygens (including phenoxy) is 1. The molecule has 1 aromatic carbocycles. The third-order valence-electron chi connectivity index (χ3n) is 4.57. The van der Waals surface area contributed by atoms with Gasteiger partial charge in [-0.3, -0.25) is 9.59 Å². The van der Waals surface area contributed by atoms with Crippen molar-refractivity contribution in [1.29, 1.82) is 0 Å². The summed E-state index contributed by atoms with van der Waals surface area (Å²) < 4.78 is 53.0. The predicted molar refractivity (Wildman–Crippen MR) is 134 cm³/mol. The summed E-state index contributed by atoms with van der Waals surface area (Å²) in [5, 5.41) is 2.45. The number of amides is 1. The number of benzene rings is 1. The molecule has 198 valence electrons. The van der Waals surface area contributed by atoms with Gasteiger partial charge in [-0.25, -0.2) is 4.39 Å². The Morgan fingerprint density at radius 3 is 2.23 bits per heavy atom. The Morgan fingerprint density at radius 2 is 1.77 bits per heavy atom. The van der Waals surface area contributed by atoms with Crippen LogP contribution in [0, 0.1) is 0 Å². The van der Waals surface area contributed by atoms with Gasteiger partial charge in [0.25, 0.3) is 0 Å². The lowest BCUT2D eigenvalue weighted by Crippen LogP contribution is -2.27. The van der Waals surface area contributed by atoms with Crippen molar-refractivity contribution in [2.45, 2.75) is 72.6 Å². The molecular weight excluding hydrogens is 462 g/mol. The fourth-order valence-corrected chi connectivity index (χ4v) is 2.15. The fourth-order valence-electron chi connectivity index (χ4n) is 2.15. The van der Waals surface area contributed by atoms with Crippen molar-refractivity contribution in [3.63, 3.8) is 0 Å². The summed E-state index contributed by atoms with van der Waals surface area (Å²) in [4.78, 5) is 22.2. The van der Waals surface area contributed by atoms with Gasteiger partial charge in [0.2, 0.25) is 5.91 Å². The van der Waals surface area contributed by atoms with Gasteiger partial charge in [0.15, 0.2) is 5.78 Å². The van der Waals surface area contributed by atoms with Gasteiger partial charge in [0.05, 0.1) is 19.8 Å². The Morgan fingerprint density at radius 1 is 1.14 bits per heavy atom. The zero-order valence-corrected chi connectivity index (χ0v) is 21.6. The molecule has 0 bridgehead atoms. The third-order valence-corrected chi connectivity index (χ3v) is 4.57. The molecule has 0 heterocycles. The molecule has 0 radical (unpaired) electrons. The smallest absolute Gasteiger partial charge is 0.412 e. The molecule has 0 aliphatic rings. The molecule has 1 amide bonds. The highest BCUT2D eigenvalue weighted by Gasteiger charge is 2.29. The Labute approximate surface area is 207 Å². The second-order valence-electron chi connectivity index (χ2n) is 7.67. The van der Waals surface area contributed by atoms with Crippen LogP contribution in [0.3, 0.4) is 0 Å². The minimum Gasteiger partial charge on any atom is -0.497 e. The first-order valence-corrected chi connectivity index (χ1v) is 11.4. The highest BCUT2D eigenvalue weighted by molar-refractivity contribution is 5.99. The van der Waals surface area contributed by atoms with Crippen LogP contribution < -0.4 is 10.1 Å². The number of hydrogen-bond acceptors (Lipinski definition) is 3. The van der Waals surface area contributed by atoms with E-state index in [9.17, 15) is 27.2 Å². The van der Waals surface area contributed by atoms with Crippen LogP contribution in [0.4, 0.5) is 17.6 Å². The Bertz CT molecular complexity index is 830. The van der Waals surface area contributed by atoms with Crippen LogP contribution in [-0.4, -0.2) is 37.7 Å². The van der Waals surface area contributed by atoms with Crippen molar-refractivity contribution in [2.24, 2.45) is 0 Å². The number of halogens is 4. The maximum absolute atomic E-state index is 12.3. The molecule has 0 saturated heterocycles. The van der Waals surface area contributed by atoms with Crippen molar-refractivity contribution in [3.05, 3.63) is 65.8 Å². The molecule has 0 aromatic heterocycles. The van der Waals surface area contributed by atoms with Crippen molar-refractivity contribution in [3.8, 4) is 5.75 Å². The summed E-state index contributed by atoms with van der Waals surface area (Å²) in [5.74, 6) is 0.277. The van der Waals surface area contributed by atoms with E-state index in [1.54, 1.807) is 31.2 Å². The monoisotopic (exact) mass is 501 g/mol. The van der Waals surface area contributed by atoms with Crippen molar-refractivity contribution in [2.75, 3.05) is 13.7 Å². The lowest BCUT2D eigenvalue weighted by atomic mass is 10.1. The van der Waals surface area contributed by atoms with E-state index in [-0.39, 0.29) is 18.2 Å². The summed E-state index contributed by atoms with van der Waals surface area (Å²) in [5.41, 5.74) is 0.630. The van der Waals surface area contributed by atoms with Crippen molar-refractivity contribution in [1.82, 2.24) is 5.32 Å². The van der Waals surface area contributed by atoms with Gasteiger partial charge in [0.1, 0.15) is 5.75 Å². The Hall–Kier alpha value is -2.90. The molecule has 1 rings (SSSR count). The first-order chi connectivity index (χ1) is 16.3. The first kappa shape index (κ1) is 34.3. The number of nitrogens with one attached hydrogen (secondary N) is 1. The molecule has 0 aliphatic carbocycles. The standard InChI is InChI=1S/C11H13NO3.C9H11F3.C7H15F/c1-8(13)12-7-11(14)9-4-3-5-10(6-9)15-2;1-4-7(2)5-6-8(3)9(10,11)12;1-3-5-6-7(8)4-2/h3-6H,7H2,1-2H3,(H,12,13);4-6H,1H2,2-3H3;7H,3-6H2,1-2H3/b;7-5-,8-6+;. The van der Waals surface area contributed by atoms with E-state index in [1.807, 2.05) is 6.92 Å². The Balaban J connectivity index is 0. The van der Waals surface area contributed by atoms with E-state index in [1.165, 1.54) is 26.2 Å². The van der Waals surface area contributed by atoms with Gasteiger partial charge in [-0.1, -0.05) is 69.2 Å². The maximum atomic E-state index is 12.3.